The number of hydrogen-bond acceptors (Lipinski definition) is 8. The van der Waals surface area contributed by atoms with Crippen LogP contribution in [-0.4, -0.2) is 66.9 Å². The van der Waals surface area contributed by atoms with Gasteiger partial charge in [0.25, 0.3) is 11.8 Å². The zero-order valence-corrected chi connectivity index (χ0v) is 18.2. The van der Waals surface area contributed by atoms with Crippen LogP contribution in [0.25, 0.3) is 0 Å². The molecule has 0 aliphatic carbocycles. The highest BCUT2D eigenvalue weighted by Crippen LogP contribution is 2.32. The molecule has 0 radical (unpaired) electrons. The minimum atomic E-state index is -1.01. The van der Waals surface area contributed by atoms with Crippen LogP contribution in [0.2, 0.25) is 0 Å². The van der Waals surface area contributed by atoms with Crippen molar-refractivity contribution < 1.29 is 33.4 Å². The van der Waals surface area contributed by atoms with E-state index in [4.69, 9.17) is 9.47 Å². The van der Waals surface area contributed by atoms with E-state index in [2.05, 4.69) is 10.6 Å². The number of rotatable bonds is 9. The standard InChI is InChI=1S/C24H23N3O7/c28-19-10-9-18(21(29)26-19)27-22(30)16-7-4-8-17(20(16)23(27)31)25-11-12-33-13-14-34-24(32)15-5-2-1-3-6-15/h1-8,18,25H,9-14H2,(H,26,28,29). The van der Waals surface area contributed by atoms with Crippen molar-refractivity contribution in [2.75, 3.05) is 31.7 Å². The van der Waals surface area contributed by atoms with E-state index in [1.165, 1.54) is 6.07 Å². The molecule has 2 aliphatic rings. The maximum atomic E-state index is 13.0. The number of esters is 1. The van der Waals surface area contributed by atoms with Crippen LogP contribution in [-0.2, 0) is 19.1 Å². The zero-order chi connectivity index (χ0) is 24.1. The van der Waals surface area contributed by atoms with Gasteiger partial charge in [-0.25, -0.2) is 4.79 Å². The minimum absolute atomic E-state index is 0.0624. The molecule has 2 aliphatic heterocycles. The number of nitrogens with one attached hydrogen (secondary N) is 2. The summed E-state index contributed by atoms with van der Waals surface area (Å²) < 4.78 is 10.6. The Hall–Kier alpha value is -4.05. The van der Waals surface area contributed by atoms with Gasteiger partial charge in [0.1, 0.15) is 12.6 Å². The molecule has 176 valence electrons. The maximum absolute atomic E-state index is 13.0. The van der Waals surface area contributed by atoms with Crippen LogP contribution in [0.15, 0.2) is 48.5 Å². The third-order valence-corrected chi connectivity index (χ3v) is 5.50. The molecule has 1 atom stereocenters. The lowest BCUT2D eigenvalue weighted by atomic mass is 10.0. The van der Waals surface area contributed by atoms with E-state index in [-0.39, 0.29) is 43.8 Å². The Labute approximate surface area is 195 Å². The molecule has 2 aromatic carbocycles. The second-order valence-corrected chi connectivity index (χ2v) is 7.72. The van der Waals surface area contributed by atoms with Crippen LogP contribution in [0.1, 0.15) is 43.9 Å². The highest BCUT2D eigenvalue weighted by atomic mass is 16.6. The van der Waals surface area contributed by atoms with Crippen LogP contribution in [0.5, 0.6) is 0 Å². The molecule has 10 heteroatoms. The topological polar surface area (TPSA) is 131 Å². The molecule has 2 aromatic rings. The number of imide groups is 2. The Kier molecular flexibility index (Phi) is 6.98. The van der Waals surface area contributed by atoms with E-state index in [0.717, 1.165) is 4.90 Å². The number of fused-ring (bicyclic) bond motifs is 1. The lowest BCUT2D eigenvalue weighted by molar-refractivity contribution is -0.136. The largest absolute Gasteiger partial charge is 0.460 e. The van der Waals surface area contributed by atoms with Crippen molar-refractivity contribution in [2.24, 2.45) is 0 Å². The van der Waals surface area contributed by atoms with E-state index < -0.39 is 35.6 Å². The molecule has 10 nitrogen and oxygen atoms in total. The molecule has 2 heterocycles. The van der Waals surface area contributed by atoms with Gasteiger partial charge >= 0.3 is 5.97 Å². The Morgan fingerprint density at radius 2 is 1.76 bits per heavy atom. The van der Waals surface area contributed by atoms with E-state index >= 15 is 0 Å². The second-order valence-electron chi connectivity index (χ2n) is 7.72. The van der Waals surface area contributed by atoms with Crippen LogP contribution in [0.3, 0.4) is 0 Å². The molecular weight excluding hydrogens is 442 g/mol. The number of piperidine rings is 1. The van der Waals surface area contributed by atoms with Crippen LogP contribution in [0, 0.1) is 0 Å². The average molecular weight is 465 g/mol. The highest BCUT2D eigenvalue weighted by molar-refractivity contribution is 6.25. The minimum Gasteiger partial charge on any atom is -0.460 e. The molecule has 1 unspecified atom stereocenters. The van der Waals surface area contributed by atoms with Gasteiger partial charge in [-0.2, -0.15) is 0 Å². The molecule has 2 N–H and O–H groups in total. The summed E-state index contributed by atoms with van der Waals surface area (Å²) in [6.07, 6.45) is 0.161. The molecule has 0 spiro atoms. The van der Waals surface area contributed by atoms with Gasteiger partial charge in [-0.15, -0.1) is 0 Å². The number of benzene rings is 2. The molecule has 4 rings (SSSR count). The normalized spacial score (nSPS) is 17.4. The summed E-state index contributed by atoms with van der Waals surface area (Å²) in [4.78, 5) is 62.3. The fourth-order valence-electron chi connectivity index (χ4n) is 3.87. The zero-order valence-electron chi connectivity index (χ0n) is 18.2. The number of ether oxygens (including phenoxy) is 2. The van der Waals surface area contributed by atoms with Crippen molar-refractivity contribution in [1.29, 1.82) is 0 Å². The van der Waals surface area contributed by atoms with Crippen molar-refractivity contribution in [2.45, 2.75) is 18.9 Å². The Morgan fingerprint density at radius 3 is 2.53 bits per heavy atom. The number of carbonyl (C=O) groups excluding carboxylic acids is 5. The molecule has 1 fully saturated rings. The van der Waals surface area contributed by atoms with Crippen LogP contribution < -0.4 is 10.6 Å². The van der Waals surface area contributed by atoms with Crippen molar-refractivity contribution >= 4 is 35.3 Å². The van der Waals surface area contributed by atoms with Gasteiger partial charge in [-0.3, -0.25) is 29.4 Å². The molecule has 34 heavy (non-hydrogen) atoms. The first-order valence-corrected chi connectivity index (χ1v) is 10.9. The molecule has 1 saturated heterocycles. The monoisotopic (exact) mass is 465 g/mol. The summed E-state index contributed by atoms with van der Waals surface area (Å²) in [5.74, 6) is -2.64. The molecule has 0 bridgehead atoms. The van der Waals surface area contributed by atoms with E-state index in [9.17, 15) is 24.0 Å². The van der Waals surface area contributed by atoms with Gasteiger partial charge in [0, 0.05) is 18.7 Å². The van der Waals surface area contributed by atoms with Crippen LogP contribution >= 0.6 is 0 Å². The average Bonchev–Trinajstić information content (AvgIpc) is 3.09. The Balaban J connectivity index is 1.27. The number of anilines is 1. The Bertz CT molecular complexity index is 1130. The molecular formula is C24H23N3O7. The number of carbonyl (C=O) groups is 5. The van der Waals surface area contributed by atoms with Crippen LogP contribution in [0.4, 0.5) is 5.69 Å². The summed E-state index contributed by atoms with van der Waals surface area (Å²) in [5.41, 5.74) is 1.31. The number of hydrogen-bond donors (Lipinski definition) is 2. The van der Waals surface area contributed by atoms with E-state index in [1.54, 1.807) is 36.4 Å². The highest BCUT2D eigenvalue weighted by Gasteiger charge is 2.45. The number of amides is 4. The first kappa shape index (κ1) is 23.1. The first-order chi connectivity index (χ1) is 16.5. The van der Waals surface area contributed by atoms with Gasteiger partial charge < -0.3 is 14.8 Å². The summed E-state index contributed by atoms with van der Waals surface area (Å²) in [5, 5.41) is 5.25. The predicted octanol–water partition coefficient (Wildman–Crippen LogP) is 1.37. The SMILES string of the molecule is O=C1CCC(N2C(=O)c3cccc(NCCOCCOC(=O)c4ccccc4)c3C2=O)C(=O)N1. The fraction of sp³-hybridized carbons (Fsp3) is 0.292. The van der Waals surface area contributed by atoms with E-state index in [1.807, 2.05) is 6.07 Å². The maximum Gasteiger partial charge on any atom is 0.338 e. The third kappa shape index (κ3) is 4.81. The molecule has 0 aromatic heterocycles. The third-order valence-electron chi connectivity index (χ3n) is 5.50. The van der Waals surface area contributed by atoms with Gasteiger partial charge in [0.2, 0.25) is 11.8 Å². The summed E-state index contributed by atoms with van der Waals surface area (Å²) in [6, 6.07) is 12.5. The summed E-state index contributed by atoms with van der Waals surface area (Å²) >= 11 is 0. The molecule has 0 saturated carbocycles. The lowest BCUT2D eigenvalue weighted by Gasteiger charge is -2.27. The first-order valence-electron chi connectivity index (χ1n) is 10.9. The summed E-state index contributed by atoms with van der Waals surface area (Å²) in [6.45, 7) is 0.907. The summed E-state index contributed by atoms with van der Waals surface area (Å²) in [7, 11) is 0. The smallest absolute Gasteiger partial charge is 0.338 e. The van der Waals surface area contributed by atoms with Gasteiger partial charge in [-0.1, -0.05) is 24.3 Å². The molecule has 4 amide bonds. The van der Waals surface area contributed by atoms with Crippen molar-refractivity contribution in [3.8, 4) is 0 Å². The predicted molar refractivity (Wildman–Crippen MR) is 119 cm³/mol. The van der Waals surface area contributed by atoms with E-state index in [0.29, 0.717) is 17.8 Å². The Morgan fingerprint density at radius 1 is 0.971 bits per heavy atom. The van der Waals surface area contributed by atoms with Crippen molar-refractivity contribution in [3.05, 3.63) is 65.2 Å². The quantitative estimate of drug-likeness (QED) is 0.323. The van der Waals surface area contributed by atoms with Crippen molar-refractivity contribution in [1.82, 2.24) is 10.2 Å². The fourth-order valence-corrected chi connectivity index (χ4v) is 3.87. The lowest BCUT2D eigenvalue weighted by Crippen LogP contribution is -2.54. The second kappa shape index (κ2) is 10.3. The van der Waals surface area contributed by atoms with Gasteiger partial charge in [-0.05, 0) is 30.7 Å². The van der Waals surface area contributed by atoms with Crippen molar-refractivity contribution in [3.63, 3.8) is 0 Å². The van der Waals surface area contributed by atoms with Gasteiger partial charge in [0.05, 0.1) is 29.9 Å². The van der Waals surface area contributed by atoms with Gasteiger partial charge in [0.15, 0.2) is 0 Å². The number of nitrogens with zero attached hydrogens (tertiary/aromatic N) is 1.